The Bertz CT molecular complexity index is 479. The molecule has 2 aliphatic rings. The Balaban J connectivity index is 1.73. The number of nitrogens with zero attached hydrogens (tertiary/aromatic N) is 2. The van der Waals surface area contributed by atoms with Crippen molar-refractivity contribution in [2.75, 3.05) is 13.2 Å². The monoisotopic (exact) mass is 263 g/mol. The van der Waals surface area contributed by atoms with Crippen LogP contribution in [0.25, 0.3) is 0 Å². The third-order valence-corrected chi connectivity index (χ3v) is 4.01. The molecule has 0 spiro atoms. The second-order valence-electron chi connectivity index (χ2n) is 5.45. The van der Waals surface area contributed by atoms with Gasteiger partial charge in [-0.15, -0.1) is 0 Å². The molecule has 1 fully saturated rings. The molecule has 5 nitrogen and oxygen atoms in total. The van der Waals surface area contributed by atoms with Gasteiger partial charge in [-0.2, -0.15) is 5.10 Å². The van der Waals surface area contributed by atoms with Crippen molar-refractivity contribution in [3.63, 3.8) is 0 Å². The SMILES string of the molecule is CCO[C@H](C)C(=O)N1CCc2[nH]nc(C3CC3)c2C1. The number of rotatable bonds is 4. The second kappa shape index (κ2) is 4.96. The van der Waals surface area contributed by atoms with E-state index in [0.29, 0.717) is 19.1 Å². The molecule has 3 rings (SSSR count). The molecule has 1 aliphatic carbocycles. The zero-order valence-electron chi connectivity index (χ0n) is 11.6. The lowest BCUT2D eigenvalue weighted by molar-refractivity contribution is -0.143. The molecule has 1 saturated carbocycles. The third-order valence-electron chi connectivity index (χ3n) is 4.01. The molecular formula is C14H21N3O2. The summed E-state index contributed by atoms with van der Waals surface area (Å²) in [5.74, 6) is 0.717. The molecule has 1 aromatic heterocycles. The Kier molecular flexibility index (Phi) is 3.31. The van der Waals surface area contributed by atoms with E-state index in [9.17, 15) is 4.79 Å². The highest BCUT2D eigenvalue weighted by Crippen LogP contribution is 2.42. The minimum Gasteiger partial charge on any atom is -0.369 e. The van der Waals surface area contributed by atoms with E-state index < -0.39 is 0 Å². The standard InChI is InChI=1S/C14H21N3O2/c1-3-19-9(2)14(18)17-7-6-12-11(8-17)13(16-15-12)10-4-5-10/h9-10H,3-8H2,1-2H3,(H,15,16)/t9-/m1/s1. The molecule has 0 saturated heterocycles. The zero-order chi connectivity index (χ0) is 13.4. The molecule has 1 aromatic rings. The van der Waals surface area contributed by atoms with Crippen molar-refractivity contribution in [2.45, 2.75) is 51.7 Å². The van der Waals surface area contributed by atoms with Gasteiger partial charge in [-0.3, -0.25) is 9.89 Å². The minimum atomic E-state index is -0.345. The van der Waals surface area contributed by atoms with Gasteiger partial charge in [0.15, 0.2) is 0 Å². The Morgan fingerprint density at radius 3 is 3.05 bits per heavy atom. The van der Waals surface area contributed by atoms with Crippen LogP contribution in [0.15, 0.2) is 0 Å². The number of aromatic nitrogens is 2. The van der Waals surface area contributed by atoms with Gasteiger partial charge in [0, 0.05) is 43.3 Å². The first-order valence-corrected chi connectivity index (χ1v) is 7.17. The fourth-order valence-corrected chi connectivity index (χ4v) is 2.78. The largest absolute Gasteiger partial charge is 0.369 e. The number of fused-ring (bicyclic) bond motifs is 1. The quantitative estimate of drug-likeness (QED) is 0.897. The van der Waals surface area contributed by atoms with Crippen LogP contribution in [0.1, 0.15) is 49.6 Å². The summed E-state index contributed by atoms with van der Waals surface area (Å²) in [7, 11) is 0. The van der Waals surface area contributed by atoms with Crippen molar-refractivity contribution in [1.82, 2.24) is 15.1 Å². The topological polar surface area (TPSA) is 58.2 Å². The van der Waals surface area contributed by atoms with Crippen LogP contribution in [0.2, 0.25) is 0 Å². The lowest BCUT2D eigenvalue weighted by Crippen LogP contribution is -2.42. The number of nitrogens with one attached hydrogen (secondary N) is 1. The van der Waals surface area contributed by atoms with Crippen molar-refractivity contribution in [1.29, 1.82) is 0 Å². The van der Waals surface area contributed by atoms with Crippen LogP contribution in [-0.4, -0.2) is 40.3 Å². The summed E-state index contributed by atoms with van der Waals surface area (Å²) < 4.78 is 5.40. The first-order chi connectivity index (χ1) is 9.20. The Morgan fingerprint density at radius 1 is 1.58 bits per heavy atom. The second-order valence-corrected chi connectivity index (χ2v) is 5.45. The molecule has 19 heavy (non-hydrogen) atoms. The van der Waals surface area contributed by atoms with E-state index >= 15 is 0 Å². The smallest absolute Gasteiger partial charge is 0.251 e. The number of hydrogen-bond acceptors (Lipinski definition) is 3. The maximum absolute atomic E-state index is 12.3. The minimum absolute atomic E-state index is 0.0930. The molecule has 0 bridgehead atoms. The summed E-state index contributed by atoms with van der Waals surface area (Å²) in [6, 6.07) is 0. The molecule has 1 atom stereocenters. The van der Waals surface area contributed by atoms with Crippen LogP contribution in [0.3, 0.4) is 0 Å². The molecule has 1 amide bonds. The number of H-pyrrole nitrogens is 1. The van der Waals surface area contributed by atoms with Gasteiger partial charge in [-0.25, -0.2) is 0 Å². The van der Waals surface area contributed by atoms with E-state index in [2.05, 4.69) is 10.2 Å². The van der Waals surface area contributed by atoms with Gasteiger partial charge >= 0.3 is 0 Å². The molecule has 0 unspecified atom stereocenters. The van der Waals surface area contributed by atoms with Crippen LogP contribution in [0.4, 0.5) is 0 Å². The summed E-state index contributed by atoms with van der Waals surface area (Å²) in [6.45, 7) is 5.77. The normalized spacial score (nSPS) is 20.2. The first-order valence-electron chi connectivity index (χ1n) is 7.17. The summed E-state index contributed by atoms with van der Waals surface area (Å²) >= 11 is 0. The lowest BCUT2D eigenvalue weighted by atomic mass is 10.0. The van der Waals surface area contributed by atoms with E-state index in [1.807, 2.05) is 18.7 Å². The number of ether oxygens (including phenoxy) is 1. The predicted octanol–water partition coefficient (Wildman–Crippen LogP) is 1.60. The maximum atomic E-state index is 12.3. The lowest BCUT2D eigenvalue weighted by Gasteiger charge is -2.29. The Hall–Kier alpha value is -1.36. The first kappa shape index (κ1) is 12.7. The Morgan fingerprint density at radius 2 is 2.37 bits per heavy atom. The van der Waals surface area contributed by atoms with E-state index in [0.717, 1.165) is 13.0 Å². The van der Waals surface area contributed by atoms with E-state index in [1.165, 1.54) is 29.8 Å². The molecule has 1 N–H and O–H groups in total. The van der Waals surface area contributed by atoms with E-state index in [1.54, 1.807) is 0 Å². The van der Waals surface area contributed by atoms with Gasteiger partial charge in [0.25, 0.3) is 5.91 Å². The summed E-state index contributed by atoms with van der Waals surface area (Å²) in [5.41, 5.74) is 3.66. The highest BCUT2D eigenvalue weighted by molar-refractivity contribution is 5.80. The molecule has 5 heteroatoms. The van der Waals surface area contributed by atoms with Gasteiger partial charge in [-0.05, 0) is 26.7 Å². The maximum Gasteiger partial charge on any atom is 0.251 e. The fourth-order valence-electron chi connectivity index (χ4n) is 2.78. The molecule has 0 aromatic carbocycles. The van der Waals surface area contributed by atoms with Gasteiger partial charge in [0.1, 0.15) is 6.10 Å². The average Bonchev–Trinajstić information content (AvgIpc) is 3.17. The molecule has 1 aliphatic heterocycles. The fraction of sp³-hybridized carbons (Fsp3) is 0.714. The van der Waals surface area contributed by atoms with Crippen molar-refractivity contribution in [3.05, 3.63) is 17.0 Å². The highest BCUT2D eigenvalue weighted by atomic mass is 16.5. The van der Waals surface area contributed by atoms with Crippen molar-refractivity contribution in [2.24, 2.45) is 0 Å². The van der Waals surface area contributed by atoms with Crippen molar-refractivity contribution in [3.8, 4) is 0 Å². The van der Waals surface area contributed by atoms with Gasteiger partial charge in [0.2, 0.25) is 0 Å². The van der Waals surface area contributed by atoms with Gasteiger partial charge in [-0.1, -0.05) is 0 Å². The number of carbonyl (C=O) groups excluding carboxylic acids is 1. The summed E-state index contributed by atoms with van der Waals surface area (Å²) in [5, 5.41) is 7.58. The number of hydrogen-bond donors (Lipinski definition) is 1. The van der Waals surface area contributed by atoms with Crippen molar-refractivity contribution >= 4 is 5.91 Å². The highest BCUT2D eigenvalue weighted by Gasteiger charge is 2.34. The van der Waals surface area contributed by atoms with Crippen molar-refractivity contribution < 1.29 is 9.53 Å². The number of aromatic amines is 1. The molecular weight excluding hydrogens is 242 g/mol. The van der Waals surface area contributed by atoms with Crippen LogP contribution >= 0.6 is 0 Å². The summed E-state index contributed by atoms with van der Waals surface area (Å²) in [4.78, 5) is 14.2. The molecule has 0 radical (unpaired) electrons. The van der Waals surface area contributed by atoms with Crippen LogP contribution in [0, 0.1) is 0 Å². The van der Waals surface area contributed by atoms with Gasteiger partial charge < -0.3 is 9.64 Å². The molecule has 2 heterocycles. The van der Waals surface area contributed by atoms with Gasteiger partial charge in [0.05, 0.1) is 5.69 Å². The van der Waals surface area contributed by atoms with E-state index in [-0.39, 0.29) is 12.0 Å². The zero-order valence-corrected chi connectivity index (χ0v) is 11.6. The van der Waals surface area contributed by atoms with Crippen LogP contribution in [0.5, 0.6) is 0 Å². The average molecular weight is 263 g/mol. The molecule has 104 valence electrons. The number of carbonyl (C=O) groups is 1. The summed E-state index contributed by atoms with van der Waals surface area (Å²) in [6.07, 6.45) is 3.00. The third kappa shape index (κ3) is 2.39. The van der Waals surface area contributed by atoms with E-state index in [4.69, 9.17) is 4.74 Å². The number of amides is 1. The Labute approximate surface area is 113 Å². The predicted molar refractivity (Wildman–Crippen MR) is 70.8 cm³/mol. The van der Waals surface area contributed by atoms with Crippen LogP contribution in [-0.2, 0) is 22.5 Å². The van der Waals surface area contributed by atoms with Crippen LogP contribution < -0.4 is 0 Å².